The predicted octanol–water partition coefficient (Wildman–Crippen LogP) is 3.76. The fraction of sp³-hybridized carbons (Fsp3) is 0.346. The molecular weight excluding hydrogens is 418 g/mol. The number of nitrogens with one attached hydrogen (secondary N) is 2. The standard InChI is InChI=1S/C26H27N3O4/c1-2-33-20-12-10-19(11-13-20)28-26(32)27-15-21(16-6-4-3-5-7-16)29-24(30)22-17-8-9-18(14-17)23(22)25(29)31/h3-13,17-18,21-23H,2,14-15H2,1H3,(H2,27,28,32). The Bertz CT molecular complexity index is 1050. The highest BCUT2D eigenvalue weighted by Crippen LogP contribution is 2.53. The number of benzene rings is 2. The van der Waals surface area contributed by atoms with E-state index in [-0.39, 0.29) is 42.0 Å². The molecule has 7 nitrogen and oxygen atoms in total. The van der Waals surface area contributed by atoms with E-state index in [1.165, 1.54) is 4.90 Å². The van der Waals surface area contributed by atoms with E-state index < -0.39 is 12.1 Å². The molecule has 2 bridgehead atoms. The first-order chi connectivity index (χ1) is 16.1. The van der Waals surface area contributed by atoms with Gasteiger partial charge in [0.25, 0.3) is 0 Å². The van der Waals surface area contributed by atoms with Crippen molar-refractivity contribution in [3.63, 3.8) is 0 Å². The van der Waals surface area contributed by atoms with Crippen LogP contribution in [-0.4, -0.2) is 35.9 Å². The fourth-order valence-electron chi connectivity index (χ4n) is 5.43. The van der Waals surface area contributed by atoms with Crippen molar-refractivity contribution in [3.05, 3.63) is 72.3 Å². The van der Waals surface area contributed by atoms with Gasteiger partial charge in [0.2, 0.25) is 11.8 Å². The van der Waals surface area contributed by atoms with Crippen molar-refractivity contribution in [3.8, 4) is 5.75 Å². The van der Waals surface area contributed by atoms with Gasteiger partial charge in [0.1, 0.15) is 5.75 Å². The molecule has 5 unspecified atom stereocenters. The minimum absolute atomic E-state index is 0.121. The topological polar surface area (TPSA) is 87.7 Å². The smallest absolute Gasteiger partial charge is 0.319 e. The highest BCUT2D eigenvalue weighted by atomic mass is 16.5. The SMILES string of the molecule is CCOc1ccc(NC(=O)NCC(c2ccccc2)N2C(=O)C3C4C=CC(C4)C3C2=O)cc1. The van der Waals surface area contributed by atoms with Crippen molar-refractivity contribution >= 4 is 23.5 Å². The summed E-state index contributed by atoms with van der Waals surface area (Å²) in [6.45, 7) is 2.61. The number of nitrogens with zero attached hydrogens (tertiary/aromatic N) is 1. The number of hydrogen-bond donors (Lipinski definition) is 2. The number of carbonyl (C=O) groups is 3. The summed E-state index contributed by atoms with van der Waals surface area (Å²) in [5, 5.41) is 5.64. The summed E-state index contributed by atoms with van der Waals surface area (Å²) in [7, 11) is 0. The van der Waals surface area contributed by atoms with Crippen molar-refractivity contribution in [2.75, 3.05) is 18.5 Å². The number of urea groups is 1. The van der Waals surface area contributed by atoms with Gasteiger partial charge in [0.05, 0.1) is 24.5 Å². The third kappa shape index (κ3) is 3.88. The van der Waals surface area contributed by atoms with Crippen molar-refractivity contribution < 1.29 is 19.1 Å². The third-order valence-corrected chi connectivity index (χ3v) is 6.88. The van der Waals surface area contributed by atoms with Gasteiger partial charge < -0.3 is 15.4 Å². The van der Waals surface area contributed by atoms with Crippen LogP contribution >= 0.6 is 0 Å². The Morgan fingerprint density at radius 3 is 2.24 bits per heavy atom. The molecule has 2 N–H and O–H groups in total. The maximum atomic E-state index is 13.4. The van der Waals surface area contributed by atoms with E-state index in [0.717, 1.165) is 17.7 Å². The molecule has 2 aromatic rings. The molecule has 3 aliphatic rings. The van der Waals surface area contributed by atoms with Crippen LogP contribution in [0.2, 0.25) is 0 Å². The van der Waals surface area contributed by atoms with Crippen LogP contribution in [0.15, 0.2) is 66.7 Å². The van der Waals surface area contributed by atoms with Gasteiger partial charge in [0.15, 0.2) is 0 Å². The van der Waals surface area contributed by atoms with Gasteiger partial charge >= 0.3 is 6.03 Å². The molecular formula is C26H27N3O4. The van der Waals surface area contributed by atoms with Crippen LogP contribution in [0, 0.1) is 23.7 Å². The first-order valence-electron chi connectivity index (χ1n) is 11.4. The van der Waals surface area contributed by atoms with E-state index in [9.17, 15) is 14.4 Å². The van der Waals surface area contributed by atoms with E-state index in [1.807, 2.05) is 37.3 Å². The van der Waals surface area contributed by atoms with Gasteiger partial charge in [-0.2, -0.15) is 0 Å². The Balaban J connectivity index is 1.30. The molecule has 0 aromatic heterocycles. The van der Waals surface area contributed by atoms with Crippen LogP contribution in [0.4, 0.5) is 10.5 Å². The van der Waals surface area contributed by atoms with Gasteiger partial charge in [-0.1, -0.05) is 42.5 Å². The summed E-state index contributed by atoms with van der Waals surface area (Å²) in [4.78, 5) is 40.7. The van der Waals surface area contributed by atoms with Crippen LogP contribution in [0.1, 0.15) is 24.9 Å². The summed E-state index contributed by atoms with van der Waals surface area (Å²) < 4.78 is 5.42. The highest BCUT2D eigenvalue weighted by molar-refractivity contribution is 6.07. The molecule has 5 atom stereocenters. The zero-order valence-corrected chi connectivity index (χ0v) is 18.4. The fourth-order valence-corrected chi connectivity index (χ4v) is 5.43. The lowest BCUT2D eigenvalue weighted by Gasteiger charge is -2.28. The molecule has 2 aliphatic carbocycles. The number of amides is 4. The third-order valence-electron chi connectivity index (χ3n) is 6.88. The van der Waals surface area contributed by atoms with Crippen LogP contribution in [0.5, 0.6) is 5.75 Å². The number of ether oxygens (including phenoxy) is 1. The Kier molecular flexibility index (Phi) is 5.62. The first-order valence-corrected chi connectivity index (χ1v) is 11.4. The predicted molar refractivity (Wildman–Crippen MR) is 123 cm³/mol. The van der Waals surface area contributed by atoms with E-state index in [0.29, 0.717) is 12.3 Å². The molecule has 33 heavy (non-hydrogen) atoms. The average molecular weight is 446 g/mol. The molecule has 2 fully saturated rings. The van der Waals surface area contributed by atoms with Crippen molar-refractivity contribution in [2.24, 2.45) is 23.7 Å². The van der Waals surface area contributed by atoms with Crippen molar-refractivity contribution in [1.29, 1.82) is 0 Å². The zero-order valence-electron chi connectivity index (χ0n) is 18.4. The zero-order chi connectivity index (χ0) is 22.9. The molecule has 1 saturated carbocycles. The molecule has 4 amide bonds. The molecule has 170 valence electrons. The van der Waals surface area contributed by atoms with E-state index >= 15 is 0 Å². The minimum atomic E-state index is -0.553. The second-order valence-corrected chi connectivity index (χ2v) is 8.77. The Morgan fingerprint density at radius 1 is 1.00 bits per heavy atom. The lowest BCUT2D eigenvalue weighted by Crippen LogP contribution is -2.43. The molecule has 1 heterocycles. The van der Waals surface area contributed by atoms with Crippen LogP contribution < -0.4 is 15.4 Å². The number of hydrogen-bond acceptors (Lipinski definition) is 4. The maximum absolute atomic E-state index is 13.4. The summed E-state index contributed by atoms with van der Waals surface area (Å²) >= 11 is 0. The number of rotatable bonds is 7. The maximum Gasteiger partial charge on any atom is 0.319 e. The van der Waals surface area contributed by atoms with Gasteiger partial charge in [-0.05, 0) is 55.0 Å². The first kappa shape index (κ1) is 21.2. The lowest BCUT2D eigenvalue weighted by molar-refractivity contribution is -0.143. The largest absolute Gasteiger partial charge is 0.494 e. The summed E-state index contributed by atoms with van der Waals surface area (Å²) in [5.41, 5.74) is 1.44. The van der Waals surface area contributed by atoms with E-state index in [2.05, 4.69) is 22.8 Å². The normalized spacial score (nSPS) is 25.8. The number of fused-ring (bicyclic) bond motifs is 5. The number of imide groups is 1. The lowest BCUT2D eigenvalue weighted by atomic mass is 9.85. The number of likely N-dealkylation sites (tertiary alicyclic amines) is 1. The monoisotopic (exact) mass is 445 g/mol. The Labute approximate surface area is 192 Å². The summed E-state index contributed by atoms with van der Waals surface area (Å²) in [6.07, 6.45) is 5.06. The minimum Gasteiger partial charge on any atom is -0.494 e. The molecule has 7 heteroatoms. The van der Waals surface area contributed by atoms with Crippen molar-refractivity contribution in [1.82, 2.24) is 10.2 Å². The number of anilines is 1. The van der Waals surface area contributed by atoms with Gasteiger partial charge in [-0.25, -0.2) is 4.79 Å². The van der Waals surface area contributed by atoms with Crippen LogP contribution in [0.25, 0.3) is 0 Å². The Hall–Kier alpha value is -3.61. The van der Waals surface area contributed by atoms with Gasteiger partial charge in [-0.15, -0.1) is 0 Å². The second-order valence-electron chi connectivity index (χ2n) is 8.77. The van der Waals surface area contributed by atoms with Crippen LogP contribution in [0.3, 0.4) is 0 Å². The summed E-state index contributed by atoms with van der Waals surface area (Å²) in [6, 6.07) is 15.5. The van der Waals surface area contributed by atoms with E-state index in [4.69, 9.17) is 4.74 Å². The van der Waals surface area contributed by atoms with E-state index in [1.54, 1.807) is 24.3 Å². The Morgan fingerprint density at radius 2 is 1.64 bits per heavy atom. The average Bonchev–Trinajstić information content (AvgIpc) is 3.51. The molecule has 1 aliphatic heterocycles. The van der Waals surface area contributed by atoms with Crippen LogP contribution in [-0.2, 0) is 9.59 Å². The quantitative estimate of drug-likeness (QED) is 0.502. The molecule has 2 aromatic carbocycles. The second kappa shape index (κ2) is 8.73. The molecule has 0 spiro atoms. The summed E-state index contributed by atoms with van der Waals surface area (Å²) in [5.74, 6) is 0.247. The van der Waals surface area contributed by atoms with Crippen molar-refractivity contribution in [2.45, 2.75) is 19.4 Å². The number of allylic oxidation sites excluding steroid dienone is 2. The van der Waals surface area contributed by atoms with Gasteiger partial charge in [-0.3, -0.25) is 14.5 Å². The number of carbonyl (C=O) groups excluding carboxylic acids is 3. The molecule has 0 radical (unpaired) electrons. The molecule has 1 saturated heterocycles. The highest BCUT2D eigenvalue weighted by Gasteiger charge is 2.60. The molecule has 5 rings (SSSR count). The van der Waals surface area contributed by atoms with Gasteiger partial charge in [0, 0.05) is 12.2 Å².